The molecule has 2 aromatic rings. The molecule has 4 N–H and O–H groups in total. The van der Waals surface area contributed by atoms with Crippen molar-refractivity contribution in [2.75, 3.05) is 20.8 Å². The Morgan fingerprint density at radius 3 is 2.36 bits per heavy atom. The third-order valence-corrected chi connectivity index (χ3v) is 5.76. The number of fused-ring (bicyclic) bond motifs is 1. The van der Waals surface area contributed by atoms with Crippen LogP contribution < -0.4 is 18.9 Å². The predicted molar refractivity (Wildman–Crippen MR) is 113 cm³/mol. The molecule has 0 bridgehead atoms. The summed E-state index contributed by atoms with van der Waals surface area (Å²) in [6.07, 6.45) is -8.01. The van der Waals surface area contributed by atoms with Crippen LogP contribution in [0.1, 0.15) is 28.4 Å². The Balaban J connectivity index is 1.74. The number of ether oxygens (including phenoxy) is 5. The van der Waals surface area contributed by atoms with Crippen molar-refractivity contribution in [3.8, 4) is 23.0 Å². The van der Waals surface area contributed by atoms with E-state index in [4.69, 9.17) is 23.7 Å². The van der Waals surface area contributed by atoms with E-state index in [9.17, 15) is 25.2 Å². The molecule has 0 spiro atoms. The van der Waals surface area contributed by atoms with E-state index < -0.39 is 43.4 Å². The maximum Gasteiger partial charge on any atom is 0.229 e. The van der Waals surface area contributed by atoms with Crippen molar-refractivity contribution in [2.45, 2.75) is 43.2 Å². The van der Waals surface area contributed by atoms with E-state index in [2.05, 4.69) is 0 Å². The van der Waals surface area contributed by atoms with Gasteiger partial charge in [-0.1, -0.05) is 30.3 Å². The number of hydrogen-bond donors (Lipinski definition) is 4. The number of aliphatic hydroxyl groups excluding tert-OH is 4. The van der Waals surface area contributed by atoms with Gasteiger partial charge in [0, 0.05) is 6.07 Å². The fourth-order valence-corrected chi connectivity index (χ4v) is 4.01. The molecule has 0 aromatic heterocycles. The number of hydrogen-bond acceptors (Lipinski definition) is 10. The summed E-state index contributed by atoms with van der Waals surface area (Å²) in [5.74, 6) is 0.190. The number of benzene rings is 2. The Hall–Kier alpha value is -2.89. The molecule has 0 unspecified atom stereocenters. The zero-order chi connectivity index (χ0) is 23.7. The minimum atomic E-state index is -1.65. The van der Waals surface area contributed by atoms with Gasteiger partial charge < -0.3 is 44.1 Å². The van der Waals surface area contributed by atoms with Gasteiger partial charge in [-0.3, -0.25) is 4.79 Å². The van der Waals surface area contributed by atoms with Crippen molar-refractivity contribution in [1.29, 1.82) is 0 Å². The van der Waals surface area contributed by atoms with Crippen molar-refractivity contribution in [2.24, 2.45) is 0 Å². The van der Waals surface area contributed by atoms with Gasteiger partial charge in [0.25, 0.3) is 0 Å². The van der Waals surface area contributed by atoms with Crippen molar-refractivity contribution in [3.05, 3.63) is 47.5 Å². The summed E-state index contributed by atoms with van der Waals surface area (Å²) in [7, 11) is 2.82. The zero-order valence-corrected chi connectivity index (χ0v) is 18.1. The van der Waals surface area contributed by atoms with Gasteiger partial charge in [-0.05, 0) is 5.56 Å². The lowest BCUT2D eigenvalue weighted by atomic mass is 9.94. The quantitative estimate of drug-likeness (QED) is 0.481. The van der Waals surface area contributed by atoms with Gasteiger partial charge >= 0.3 is 0 Å². The SMILES string of the molecule is COc1cc(O[C@H]2O[C@H](CO)[C@@H](O)[C@H](O)[C@H]2O)c2c(c1OC)O[C@H](c1ccccc1)CC2=O. The second-order valence-corrected chi connectivity index (χ2v) is 7.77. The maximum absolute atomic E-state index is 13.2. The van der Waals surface area contributed by atoms with Crippen LogP contribution in [-0.2, 0) is 4.74 Å². The third kappa shape index (κ3) is 4.23. The molecule has 6 atom stereocenters. The largest absolute Gasteiger partial charge is 0.493 e. The first kappa shape index (κ1) is 23.3. The van der Waals surface area contributed by atoms with Gasteiger partial charge in [0.2, 0.25) is 12.0 Å². The van der Waals surface area contributed by atoms with Crippen LogP contribution in [0, 0.1) is 0 Å². The molecule has 178 valence electrons. The first-order valence-electron chi connectivity index (χ1n) is 10.4. The van der Waals surface area contributed by atoms with Gasteiger partial charge in [0.05, 0.1) is 27.2 Å². The first-order valence-corrected chi connectivity index (χ1v) is 10.4. The van der Waals surface area contributed by atoms with Crippen LogP contribution in [0.3, 0.4) is 0 Å². The number of carbonyl (C=O) groups excluding carboxylic acids is 1. The highest BCUT2D eigenvalue weighted by atomic mass is 16.7. The molecule has 10 nitrogen and oxygen atoms in total. The summed E-state index contributed by atoms with van der Waals surface area (Å²) in [5.41, 5.74) is 0.870. The predicted octanol–water partition coefficient (Wildman–Crippen LogP) is 0.589. The molecule has 0 aliphatic carbocycles. The summed E-state index contributed by atoms with van der Waals surface area (Å²) in [4.78, 5) is 13.2. The van der Waals surface area contributed by atoms with Crippen LogP contribution in [-0.4, -0.2) is 77.7 Å². The topological polar surface area (TPSA) is 144 Å². The van der Waals surface area contributed by atoms with Crippen molar-refractivity contribution in [3.63, 3.8) is 0 Å². The molecule has 33 heavy (non-hydrogen) atoms. The Labute approximate surface area is 189 Å². The Kier molecular flexibility index (Phi) is 6.73. The normalized spacial score (nSPS) is 29.1. The molecule has 0 radical (unpaired) electrons. The third-order valence-electron chi connectivity index (χ3n) is 5.76. The number of aliphatic hydroxyl groups is 4. The van der Waals surface area contributed by atoms with E-state index in [0.29, 0.717) is 0 Å². The first-order chi connectivity index (χ1) is 15.9. The lowest BCUT2D eigenvalue weighted by Gasteiger charge is -2.40. The lowest BCUT2D eigenvalue weighted by Crippen LogP contribution is -2.60. The minimum absolute atomic E-state index is 0.0245. The molecule has 2 heterocycles. The average molecular weight is 462 g/mol. The van der Waals surface area contributed by atoms with E-state index in [0.717, 1.165) is 5.56 Å². The zero-order valence-electron chi connectivity index (χ0n) is 18.1. The van der Waals surface area contributed by atoms with Crippen LogP contribution in [0.15, 0.2) is 36.4 Å². The molecular weight excluding hydrogens is 436 g/mol. The molecule has 2 aromatic carbocycles. The molecule has 4 rings (SSSR count). The monoisotopic (exact) mass is 462 g/mol. The summed E-state index contributed by atoms with van der Waals surface area (Å²) < 4.78 is 28.2. The highest BCUT2D eigenvalue weighted by molar-refractivity contribution is 6.04. The molecule has 1 saturated heterocycles. The van der Waals surface area contributed by atoms with E-state index in [1.807, 2.05) is 30.3 Å². The van der Waals surface area contributed by atoms with E-state index in [1.165, 1.54) is 20.3 Å². The van der Waals surface area contributed by atoms with Gasteiger partial charge in [0.15, 0.2) is 17.3 Å². The van der Waals surface area contributed by atoms with E-state index in [-0.39, 0.29) is 40.8 Å². The highest BCUT2D eigenvalue weighted by Crippen LogP contribution is 2.50. The fourth-order valence-electron chi connectivity index (χ4n) is 4.01. The second kappa shape index (κ2) is 9.54. The number of carbonyl (C=O) groups is 1. The van der Waals surface area contributed by atoms with Gasteiger partial charge in [-0.25, -0.2) is 0 Å². The van der Waals surface area contributed by atoms with Crippen LogP contribution in [0.25, 0.3) is 0 Å². The van der Waals surface area contributed by atoms with Crippen LogP contribution in [0.5, 0.6) is 23.0 Å². The van der Waals surface area contributed by atoms with Crippen molar-refractivity contribution >= 4 is 5.78 Å². The molecule has 10 heteroatoms. The van der Waals surface area contributed by atoms with Crippen molar-refractivity contribution in [1.82, 2.24) is 0 Å². The van der Waals surface area contributed by atoms with E-state index in [1.54, 1.807) is 0 Å². The number of Topliss-reactive ketones (excluding diaryl/α,β-unsaturated/α-hetero) is 1. The summed E-state index contributed by atoms with van der Waals surface area (Å²) in [6.45, 7) is -0.615. The Bertz CT molecular complexity index is 992. The number of rotatable bonds is 6. The van der Waals surface area contributed by atoms with Crippen LogP contribution in [0.4, 0.5) is 0 Å². The Morgan fingerprint density at radius 1 is 1.00 bits per heavy atom. The maximum atomic E-state index is 13.2. The average Bonchev–Trinajstić information content (AvgIpc) is 2.84. The highest BCUT2D eigenvalue weighted by Gasteiger charge is 2.46. The number of methoxy groups -OCH3 is 2. The summed E-state index contributed by atoms with van der Waals surface area (Å²) >= 11 is 0. The van der Waals surface area contributed by atoms with Gasteiger partial charge in [0.1, 0.15) is 41.8 Å². The van der Waals surface area contributed by atoms with Crippen LogP contribution >= 0.6 is 0 Å². The fraction of sp³-hybridized carbons (Fsp3) is 0.435. The minimum Gasteiger partial charge on any atom is -0.493 e. The molecule has 1 fully saturated rings. The summed E-state index contributed by atoms with van der Waals surface area (Å²) in [6, 6.07) is 10.6. The van der Waals surface area contributed by atoms with Gasteiger partial charge in [-0.2, -0.15) is 0 Å². The molecular formula is C23H26O10. The summed E-state index contributed by atoms with van der Waals surface area (Å²) in [5, 5.41) is 39.9. The molecule has 0 saturated carbocycles. The van der Waals surface area contributed by atoms with Crippen LogP contribution in [0.2, 0.25) is 0 Å². The number of ketones is 1. The van der Waals surface area contributed by atoms with E-state index >= 15 is 0 Å². The molecule has 2 aliphatic heterocycles. The Morgan fingerprint density at radius 2 is 1.73 bits per heavy atom. The molecule has 0 amide bonds. The van der Waals surface area contributed by atoms with Gasteiger partial charge in [-0.15, -0.1) is 0 Å². The van der Waals surface area contributed by atoms with Crippen molar-refractivity contribution < 1.29 is 48.9 Å². The standard InChI is InChI=1S/C23H26O10/c1-29-15-9-14(32-23-20(28)19(27)18(26)16(10-24)33-23)17-12(25)8-13(11-6-4-3-5-7-11)31-22(17)21(15)30-2/h3-7,9,13,16,18-20,23-24,26-28H,8,10H2,1-2H3/t13-,16+,18+,19-,20+,23-/m0/s1. The molecule has 2 aliphatic rings. The lowest BCUT2D eigenvalue weighted by molar-refractivity contribution is -0.277. The smallest absolute Gasteiger partial charge is 0.229 e. The second-order valence-electron chi connectivity index (χ2n) is 7.77.